The van der Waals surface area contributed by atoms with E-state index in [4.69, 9.17) is 9.47 Å². The van der Waals surface area contributed by atoms with Crippen LogP contribution in [-0.2, 0) is 19.9 Å². The molecule has 2 rings (SSSR count). The van der Waals surface area contributed by atoms with Crippen molar-refractivity contribution < 1.29 is 14.3 Å². The van der Waals surface area contributed by atoms with Gasteiger partial charge in [-0.2, -0.15) is 0 Å². The molecule has 0 N–H and O–H groups in total. The highest BCUT2D eigenvalue weighted by molar-refractivity contribution is 5.81. The summed E-state index contributed by atoms with van der Waals surface area (Å²) in [4.78, 5) is 11.4. The Morgan fingerprint density at radius 1 is 1.00 bits per heavy atom. The lowest BCUT2D eigenvalue weighted by molar-refractivity contribution is -0.153. The molecule has 138 valence electrons. The molecule has 0 spiro atoms. The molecule has 0 aromatic heterocycles. The normalized spacial score (nSPS) is 11.8. The van der Waals surface area contributed by atoms with Crippen molar-refractivity contribution in [1.82, 2.24) is 0 Å². The van der Waals surface area contributed by atoms with Crippen molar-refractivity contribution in [2.45, 2.75) is 45.3 Å². The van der Waals surface area contributed by atoms with Gasteiger partial charge in [-0.3, -0.25) is 0 Å². The SMILES string of the molecule is C=CC(=O)OC(C)(C)CCOC(C)(C)c1ccccc1-c1ccccc1. The largest absolute Gasteiger partial charge is 0.456 e. The van der Waals surface area contributed by atoms with E-state index in [2.05, 4.69) is 44.7 Å². The van der Waals surface area contributed by atoms with E-state index >= 15 is 0 Å². The molecule has 0 aliphatic heterocycles. The Kier molecular flexibility index (Phi) is 6.38. The summed E-state index contributed by atoms with van der Waals surface area (Å²) >= 11 is 0. The van der Waals surface area contributed by atoms with Crippen LogP contribution in [0.25, 0.3) is 11.1 Å². The first-order valence-electron chi connectivity index (χ1n) is 8.89. The standard InChI is InChI=1S/C23H28O3/c1-6-21(24)26-22(2,3)16-17-25-23(4,5)20-15-11-10-14-19(20)18-12-8-7-9-13-18/h6-15H,1,16-17H2,2-5H3. The maximum absolute atomic E-state index is 11.4. The molecule has 0 aliphatic carbocycles. The predicted molar refractivity (Wildman–Crippen MR) is 106 cm³/mol. The van der Waals surface area contributed by atoms with Gasteiger partial charge in [0.25, 0.3) is 0 Å². The summed E-state index contributed by atoms with van der Waals surface area (Å²) in [7, 11) is 0. The lowest BCUT2D eigenvalue weighted by atomic mass is 9.89. The van der Waals surface area contributed by atoms with Crippen LogP contribution in [-0.4, -0.2) is 18.2 Å². The van der Waals surface area contributed by atoms with Gasteiger partial charge < -0.3 is 9.47 Å². The number of ether oxygens (including phenoxy) is 2. The van der Waals surface area contributed by atoms with E-state index in [-0.39, 0.29) is 0 Å². The number of carbonyl (C=O) groups excluding carboxylic acids is 1. The van der Waals surface area contributed by atoms with E-state index < -0.39 is 17.2 Å². The highest BCUT2D eigenvalue weighted by atomic mass is 16.6. The van der Waals surface area contributed by atoms with Gasteiger partial charge in [-0.25, -0.2) is 4.79 Å². The second-order valence-corrected chi connectivity index (χ2v) is 7.41. The molecule has 3 heteroatoms. The van der Waals surface area contributed by atoms with E-state index in [1.165, 1.54) is 11.6 Å². The molecule has 0 saturated heterocycles. The minimum atomic E-state index is -0.597. The highest BCUT2D eigenvalue weighted by Gasteiger charge is 2.27. The molecule has 0 saturated carbocycles. The first kappa shape index (κ1) is 19.9. The third kappa shape index (κ3) is 5.30. The Morgan fingerprint density at radius 2 is 1.62 bits per heavy atom. The van der Waals surface area contributed by atoms with Crippen molar-refractivity contribution in [3.63, 3.8) is 0 Å². The average molecular weight is 352 g/mol. The van der Waals surface area contributed by atoms with Crippen LogP contribution in [0.3, 0.4) is 0 Å². The molecule has 0 heterocycles. The van der Waals surface area contributed by atoms with Crippen LogP contribution in [0.1, 0.15) is 39.7 Å². The maximum Gasteiger partial charge on any atom is 0.330 e. The van der Waals surface area contributed by atoms with Crippen molar-refractivity contribution in [3.05, 3.63) is 72.8 Å². The van der Waals surface area contributed by atoms with Gasteiger partial charge in [0, 0.05) is 12.5 Å². The zero-order valence-corrected chi connectivity index (χ0v) is 16.1. The summed E-state index contributed by atoms with van der Waals surface area (Å²) in [6.45, 7) is 11.8. The molecule has 0 radical (unpaired) electrons. The van der Waals surface area contributed by atoms with Crippen LogP contribution in [0.5, 0.6) is 0 Å². The average Bonchev–Trinajstić information content (AvgIpc) is 2.61. The molecular formula is C23H28O3. The lowest BCUT2D eigenvalue weighted by Gasteiger charge is -2.31. The molecule has 0 atom stereocenters. The monoisotopic (exact) mass is 352 g/mol. The Bertz CT molecular complexity index is 745. The number of benzene rings is 2. The Hall–Kier alpha value is -2.39. The fourth-order valence-electron chi connectivity index (χ4n) is 2.87. The van der Waals surface area contributed by atoms with Crippen LogP contribution < -0.4 is 0 Å². The molecule has 3 nitrogen and oxygen atoms in total. The Balaban J connectivity index is 2.11. The van der Waals surface area contributed by atoms with Gasteiger partial charge in [0.15, 0.2) is 0 Å². The summed E-state index contributed by atoms with van der Waals surface area (Å²) in [5, 5.41) is 0. The topological polar surface area (TPSA) is 35.5 Å². The van der Waals surface area contributed by atoms with Crippen LogP contribution >= 0.6 is 0 Å². The van der Waals surface area contributed by atoms with Crippen molar-refractivity contribution in [2.75, 3.05) is 6.61 Å². The van der Waals surface area contributed by atoms with Crippen molar-refractivity contribution >= 4 is 5.97 Å². The zero-order chi connectivity index (χ0) is 19.2. The van der Waals surface area contributed by atoms with Crippen LogP contribution in [0.4, 0.5) is 0 Å². The second kappa shape index (κ2) is 8.33. The minimum Gasteiger partial charge on any atom is -0.456 e. The summed E-state index contributed by atoms with van der Waals surface area (Å²) in [6.07, 6.45) is 1.78. The molecule has 0 amide bonds. The first-order valence-corrected chi connectivity index (χ1v) is 8.89. The third-order valence-electron chi connectivity index (χ3n) is 4.37. The molecule has 0 fully saturated rings. The van der Waals surface area contributed by atoms with E-state index in [1.54, 1.807) is 0 Å². The number of rotatable bonds is 8. The molecule has 0 aliphatic rings. The molecule has 2 aromatic rings. The van der Waals surface area contributed by atoms with Gasteiger partial charge in [0.05, 0.1) is 12.2 Å². The Morgan fingerprint density at radius 3 is 2.27 bits per heavy atom. The minimum absolute atomic E-state index is 0.413. The summed E-state index contributed by atoms with van der Waals surface area (Å²) in [6, 6.07) is 18.6. The van der Waals surface area contributed by atoms with Crippen molar-refractivity contribution in [3.8, 4) is 11.1 Å². The summed E-state index contributed by atoms with van der Waals surface area (Å²) < 4.78 is 11.6. The third-order valence-corrected chi connectivity index (χ3v) is 4.37. The molecular weight excluding hydrogens is 324 g/mol. The molecule has 2 aromatic carbocycles. The smallest absolute Gasteiger partial charge is 0.330 e. The first-order chi connectivity index (χ1) is 12.2. The van der Waals surface area contributed by atoms with Gasteiger partial charge >= 0.3 is 5.97 Å². The fraction of sp³-hybridized carbons (Fsp3) is 0.348. The Labute approximate surface area is 156 Å². The van der Waals surface area contributed by atoms with Crippen molar-refractivity contribution in [2.24, 2.45) is 0 Å². The maximum atomic E-state index is 11.4. The molecule has 0 bridgehead atoms. The fourth-order valence-corrected chi connectivity index (χ4v) is 2.87. The van der Waals surface area contributed by atoms with Crippen LogP contribution in [0.2, 0.25) is 0 Å². The predicted octanol–water partition coefficient (Wildman–Crippen LogP) is 5.50. The van der Waals surface area contributed by atoms with E-state index in [0.717, 1.165) is 11.1 Å². The zero-order valence-electron chi connectivity index (χ0n) is 16.1. The highest BCUT2D eigenvalue weighted by Crippen LogP contribution is 2.34. The van der Waals surface area contributed by atoms with E-state index in [0.29, 0.717) is 13.0 Å². The van der Waals surface area contributed by atoms with Gasteiger partial charge in [-0.15, -0.1) is 0 Å². The summed E-state index contributed by atoms with van der Waals surface area (Å²) in [5.74, 6) is -0.413. The van der Waals surface area contributed by atoms with Crippen molar-refractivity contribution in [1.29, 1.82) is 0 Å². The summed E-state index contributed by atoms with van der Waals surface area (Å²) in [5.41, 5.74) is 2.40. The van der Waals surface area contributed by atoms with Crippen LogP contribution in [0.15, 0.2) is 67.3 Å². The lowest BCUT2D eigenvalue weighted by Crippen LogP contribution is -2.31. The number of esters is 1. The van der Waals surface area contributed by atoms with Gasteiger partial charge in [0.2, 0.25) is 0 Å². The number of carbonyl (C=O) groups is 1. The number of hydrogen-bond acceptors (Lipinski definition) is 3. The molecule has 0 unspecified atom stereocenters. The van der Waals surface area contributed by atoms with Gasteiger partial charge in [0.1, 0.15) is 5.60 Å². The van der Waals surface area contributed by atoms with E-state index in [9.17, 15) is 4.79 Å². The van der Waals surface area contributed by atoms with Gasteiger partial charge in [-0.05, 0) is 44.4 Å². The van der Waals surface area contributed by atoms with E-state index in [1.807, 2.05) is 44.2 Å². The van der Waals surface area contributed by atoms with Gasteiger partial charge in [-0.1, -0.05) is 61.2 Å². The van der Waals surface area contributed by atoms with Crippen LogP contribution in [0, 0.1) is 0 Å². The number of hydrogen-bond donors (Lipinski definition) is 0. The second-order valence-electron chi connectivity index (χ2n) is 7.41. The molecule has 26 heavy (non-hydrogen) atoms. The quantitative estimate of drug-likeness (QED) is 0.464.